The van der Waals surface area contributed by atoms with E-state index >= 15 is 0 Å². The van der Waals surface area contributed by atoms with Gasteiger partial charge in [0, 0.05) is 17.3 Å². The summed E-state index contributed by atoms with van der Waals surface area (Å²) in [7, 11) is -3.64. The highest BCUT2D eigenvalue weighted by Crippen LogP contribution is 2.30. The van der Waals surface area contributed by atoms with Crippen molar-refractivity contribution in [3.63, 3.8) is 0 Å². The number of hydrogen-bond donors (Lipinski definition) is 2. The minimum absolute atomic E-state index is 0.0275. The quantitative estimate of drug-likeness (QED) is 0.759. The highest BCUT2D eigenvalue weighted by atomic mass is 32.2. The van der Waals surface area contributed by atoms with Gasteiger partial charge in [0.25, 0.3) is 10.0 Å². The van der Waals surface area contributed by atoms with Gasteiger partial charge in [-0.15, -0.1) is 0 Å². The van der Waals surface area contributed by atoms with Crippen molar-refractivity contribution in [2.24, 2.45) is 5.92 Å². The summed E-state index contributed by atoms with van der Waals surface area (Å²) in [5, 5.41) is 2.83. The number of anilines is 2. The van der Waals surface area contributed by atoms with Gasteiger partial charge in [-0.3, -0.25) is 9.52 Å². The Morgan fingerprint density at radius 2 is 1.62 bits per heavy atom. The molecule has 0 aliphatic heterocycles. The molecule has 0 radical (unpaired) electrons. The van der Waals surface area contributed by atoms with Crippen LogP contribution in [0.3, 0.4) is 0 Å². The first-order valence-electron chi connectivity index (χ1n) is 8.92. The van der Waals surface area contributed by atoms with Crippen LogP contribution in [0, 0.1) is 5.92 Å². The van der Waals surface area contributed by atoms with Gasteiger partial charge in [0.1, 0.15) is 0 Å². The third-order valence-electron chi connectivity index (χ3n) is 4.72. The second-order valence-corrected chi connectivity index (χ2v) is 8.51. The Kier molecular flexibility index (Phi) is 5.32. The fourth-order valence-electron chi connectivity index (χ4n) is 2.64. The molecule has 2 aromatic carbocycles. The maximum atomic E-state index is 12.5. The van der Waals surface area contributed by atoms with Crippen LogP contribution >= 0.6 is 0 Å². The van der Waals surface area contributed by atoms with Crippen LogP contribution in [0.5, 0.6) is 0 Å². The lowest BCUT2D eigenvalue weighted by Crippen LogP contribution is -2.14. The van der Waals surface area contributed by atoms with E-state index in [1.165, 1.54) is 0 Å². The zero-order valence-corrected chi connectivity index (χ0v) is 15.8. The first-order valence-corrected chi connectivity index (χ1v) is 10.4. The molecule has 0 unspecified atom stereocenters. The van der Waals surface area contributed by atoms with Gasteiger partial charge in [-0.2, -0.15) is 0 Å². The van der Waals surface area contributed by atoms with Gasteiger partial charge >= 0.3 is 0 Å². The summed E-state index contributed by atoms with van der Waals surface area (Å²) >= 11 is 0. The van der Waals surface area contributed by atoms with E-state index in [1.807, 2.05) is 12.1 Å². The number of nitrogens with one attached hydrogen (secondary N) is 2. The van der Waals surface area contributed by atoms with E-state index in [0.717, 1.165) is 24.8 Å². The van der Waals surface area contributed by atoms with Crippen LogP contribution in [0.15, 0.2) is 53.4 Å². The first kappa shape index (κ1) is 18.5. The Balaban J connectivity index is 1.67. The average Bonchev–Trinajstić information content (AvgIpc) is 3.48. The predicted molar refractivity (Wildman–Crippen MR) is 104 cm³/mol. The molecule has 0 aromatic heterocycles. The lowest BCUT2D eigenvalue weighted by molar-refractivity contribution is -0.117. The summed E-state index contributed by atoms with van der Waals surface area (Å²) in [4.78, 5) is 12.0. The molecule has 138 valence electrons. The predicted octanol–water partition coefficient (Wildman–Crippen LogP) is 4.35. The van der Waals surface area contributed by atoms with E-state index in [2.05, 4.69) is 23.9 Å². The Morgan fingerprint density at radius 1 is 1.04 bits per heavy atom. The number of hydrogen-bond acceptors (Lipinski definition) is 3. The van der Waals surface area contributed by atoms with Crippen LogP contribution in [0.25, 0.3) is 0 Å². The molecule has 6 heteroatoms. The maximum Gasteiger partial charge on any atom is 0.261 e. The minimum atomic E-state index is -3.64. The van der Waals surface area contributed by atoms with E-state index < -0.39 is 10.0 Å². The van der Waals surface area contributed by atoms with E-state index in [1.54, 1.807) is 36.4 Å². The van der Waals surface area contributed by atoms with Crippen LogP contribution in [0.1, 0.15) is 44.6 Å². The Morgan fingerprint density at radius 3 is 2.15 bits per heavy atom. The van der Waals surface area contributed by atoms with Crippen LogP contribution in [-0.2, 0) is 14.8 Å². The zero-order chi connectivity index (χ0) is 18.7. The zero-order valence-electron chi connectivity index (χ0n) is 15.0. The molecule has 1 aliphatic carbocycles. The molecule has 1 fully saturated rings. The highest BCUT2D eigenvalue weighted by molar-refractivity contribution is 7.92. The fourth-order valence-corrected chi connectivity index (χ4v) is 3.70. The normalized spacial score (nSPS) is 15.3. The van der Waals surface area contributed by atoms with Crippen LogP contribution in [-0.4, -0.2) is 14.3 Å². The SMILES string of the molecule is CC[C@@H](C)c1ccc(S(=O)(=O)Nc2ccc(NC(=O)C3CC3)cc2)cc1. The monoisotopic (exact) mass is 372 g/mol. The molecular weight excluding hydrogens is 348 g/mol. The number of sulfonamides is 1. The molecule has 1 saturated carbocycles. The van der Waals surface area contributed by atoms with Gasteiger partial charge in [0.05, 0.1) is 4.90 Å². The van der Waals surface area contributed by atoms with E-state index in [4.69, 9.17) is 0 Å². The van der Waals surface area contributed by atoms with Crippen molar-refractivity contribution in [3.05, 3.63) is 54.1 Å². The number of rotatable bonds is 7. The number of carbonyl (C=O) groups is 1. The van der Waals surface area contributed by atoms with Crippen molar-refractivity contribution >= 4 is 27.3 Å². The van der Waals surface area contributed by atoms with Crippen molar-refractivity contribution < 1.29 is 13.2 Å². The third kappa shape index (κ3) is 4.43. The molecular formula is C20H24N2O3S. The molecule has 0 spiro atoms. The molecule has 0 saturated heterocycles. The molecule has 1 aliphatic rings. The second kappa shape index (κ2) is 7.50. The molecule has 0 bridgehead atoms. The van der Waals surface area contributed by atoms with Gasteiger partial charge in [-0.1, -0.05) is 26.0 Å². The largest absolute Gasteiger partial charge is 0.326 e. The van der Waals surface area contributed by atoms with Crippen molar-refractivity contribution in [1.82, 2.24) is 0 Å². The summed E-state index contributed by atoms with van der Waals surface area (Å²) in [5.74, 6) is 0.560. The standard InChI is InChI=1S/C20H24N2O3S/c1-3-14(2)15-6-12-19(13-7-15)26(24,25)22-18-10-8-17(9-11-18)21-20(23)16-4-5-16/h6-14,16,22H,3-5H2,1-2H3,(H,21,23)/t14-/m1/s1. The van der Waals surface area contributed by atoms with E-state index in [9.17, 15) is 13.2 Å². The Hall–Kier alpha value is -2.34. The molecule has 2 aromatic rings. The number of amides is 1. The smallest absolute Gasteiger partial charge is 0.261 e. The Bertz CT molecular complexity index is 870. The van der Waals surface area contributed by atoms with Gasteiger partial charge < -0.3 is 5.32 Å². The Labute approximate surface area is 154 Å². The molecule has 26 heavy (non-hydrogen) atoms. The lowest BCUT2D eigenvalue weighted by Gasteiger charge is -2.12. The summed E-state index contributed by atoms with van der Waals surface area (Å²) < 4.78 is 27.6. The van der Waals surface area contributed by atoms with E-state index in [0.29, 0.717) is 17.3 Å². The molecule has 5 nitrogen and oxygen atoms in total. The number of carbonyl (C=O) groups excluding carboxylic acids is 1. The van der Waals surface area contributed by atoms with Crippen molar-refractivity contribution in [1.29, 1.82) is 0 Å². The molecule has 0 heterocycles. The van der Waals surface area contributed by atoms with Crippen molar-refractivity contribution in [3.8, 4) is 0 Å². The number of benzene rings is 2. The fraction of sp³-hybridized carbons (Fsp3) is 0.350. The van der Waals surface area contributed by atoms with Gasteiger partial charge in [0.15, 0.2) is 0 Å². The molecule has 3 rings (SSSR count). The molecule has 1 atom stereocenters. The van der Waals surface area contributed by atoms with Gasteiger partial charge in [-0.05, 0) is 67.1 Å². The molecule has 2 N–H and O–H groups in total. The second-order valence-electron chi connectivity index (χ2n) is 6.82. The summed E-state index contributed by atoms with van der Waals surface area (Å²) in [6.45, 7) is 4.22. The summed E-state index contributed by atoms with van der Waals surface area (Å²) in [6, 6.07) is 13.7. The third-order valence-corrected chi connectivity index (χ3v) is 6.12. The maximum absolute atomic E-state index is 12.5. The van der Waals surface area contributed by atoms with Crippen molar-refractivity contribution in [2.75, 3.05) is 10.0 Å². The van der Waals surface area contributed by atoms with E-state index in [-0.39, 0.29) is 16.7 Å². The van der Waals surface area contributed by atoms with Crippen LogP contribution < -0.4 is 10.0 Å². The minimum Gasteiger partial charge on any atom is -0.326 e. The lowest BCUT2D eigenvalue weighted by atomic mass is 9.99. The highest BCUT2D eigenvalue weighted by Gasteiger charge is 2.29. The molecule has 1 amide bonds. The van der Waals surface area contributed by atoms with Crippen LogP contribution in [0.2, 0.25) is 0 Å². The van der Waals surface area contributed by atoms with Crippen molar-refractivity contribution in [2.45, 2.75) is 43.9 Å². The van der Waals surface area contributed by atoms with Gasteiger partial charge in [-0.25, -0.2) is 8.42 Å². The first-order chi connectivity index (χ1) is 12.4. The topological polar surface area (TPSA) is 75.3 Å². The summed E-state index contributed by atoms with van der Waals surface area (Å²) in [6.07, 6.45) is 2.90. The van der Waals surface area contributed by atoms with Crippen LogP contribution in [0.4, 0.5) is 11.4 Å². The van der Waals surface area contributed by atoms with Gasteiger partial charge in [0.2, 0.25) is 5.91 Å². The summed E-state index contributed by atoms with van der Waals surface area (Å²) in [5.41, 5.74) is 2.25. The average molecular weight is 372 g/mol.